The molecule has 0 aliphatic heterocycles. The van der Waals surface area contributed by atoms with Crippen LogP contribution in [0, 0.1) is 0 Å². The Morgan fingerprint density at radius 2 is 1.77 bits per heavy atom. The van der Waals surface area contributed by atoms with Crippen LogP contribution in [-0.4, -0.2) is 53.4 Å². The molecule has 1 aromatic heterocycles. The molecule has 1 unspecified atom stereocenters. The van der Waals surface area contributed by atoms with Crippen molar-refractivity contribution in [1.29, 1.82) is 0 Å². The number of hydrogen-bond acceptors (Lipinski definition) is 5. The number of amides is 3. The molecule has 0 radical (unpaired) electrons. The maximum atomic E-state index is 13.0. The second-order valence-corrected chi connectivity index (χ2v) is 5.83. The van der Waals surface area contributed by atoms with Gasteiger partial charge in [0.2, 0.25) is 5.91 Å². The number of likely N-dealkylation sites (N-methyl/N-ethyl adjacent to an activating group) is 1. The Morgan fingerprint density at radius 1 is 1.19 bits per heavy atom. The lowest BCUT2D eigenvalue weighted by atomic mass is 9.97. The van der Waals surface area contributed by atoms with Gasteiger partial charge in [0.15, 0.2) is 5.69 Å². The first kappa shape index (κ1) is 21.3. The predicted octanol–water partition coefficient (Wildman–Crippen LogP) is 0.418. The van der Waals surface area contributed by atoms with E-state index in [4.69, 9.17) is 4.74 Å². The van der Waals surface area contributed by atoms with Crippen molar-refractivity contribution < 1.29 is 32.3 Å². The average molecular weight is 379 g/mol. The summed E-state index contributed by atoms with van der Waals surface area (Å²) in [6.45, 7) is 2.66. The molecule has 0 aromatic carbocycles. The number of rotatable bonds is 5. The predicted molar refractivity (Wildman–Crippen MR) is 83.2 cm³/mol. The van der Waals surface area contributed by atoms with Crippen molar-refractivity contribution in [1.82, 2.24) is 25.7 Å². The highest BCUT2D eigenvalue weighted by molar-refractivity contribution is 5.98. The second kappa shape index (κ2) is 7.62. The number of aryl methyl sites for hydroxylation is 1. The van der Waals surface area contributed by atoms with E-state index in [1.807, 2.05) is 0 Å². The van der Waals surface area contributed by atoms with Gasteiger partial charge in [-0.25, -0.2) is 4.79 Å². The van der Waals surface area contributed by atoms with Crippen molar-refractivity contribution in [2.24, 2.45) is 7.05 Å². The van der Waals surface area contributed by atoms with Gasteiger partial charge in [0.05, 0.1) is 5.56 Å². The Hall–Kier alpha value is -2.79. The maximum absolute atomic E-state index is 13.0. The highest BCUT2D eigenvalue weighted by Crippen LogP contribution is 2.30. The van der Waals surface area contributed by atoms with Crippen LogP contribution in [0.3, 0.4) is 0 Å². The fraction of sp³-hybridized carbons (Fsp3) is 0.571. The molecule has 1 heterocycles. The zero-order valence-corrected chi connectivity index (χ0v) is 14.8. The van der Waals surface area contributed by atoms with E-state index in [9.17, 15) is 27.6 Å². The van der Waals surface area contributed by atoms with Crippen molar-refractivity contribution in [3.8, 4) is 0 Å². The normalized spacial score (nSPS) is 12.9. The molecule has 0 spiro atoms. The van der Waals surface area contributed by atoms with Gasteiger partial charge in [0.1, 0.15) is 11.6 Å². The molecule has 0 bridgehead atoms. The summed E-state index contributed by atoms with van der Waals surface area (Å²) in [5.74, 6) is -1.95. The van der Waals surface area contributed by atoms with Gasteiger partial charge in [-0.1, -0.05) is 0 Å². The minimum atomic E-state index is -4.86. The summed E-state index contributed by atoms with van der Waals surface area (Å²) in [4.78, 5) is 35.9. The number of nitrogens with zero attached hydrogens (tertiary/aromatic N) is 2. The molecule has 1 rings (SSSR count). The zero-order valence-electron chi connectivity index (χ0n) is 14.8. The summed E-state index contributed by atoms with van der Waals surface area (Å²) in [6, 6.07) is -1.46. The first-order chi connectivity index (χ1) is 11.8. The van der Waals surface area contributed by atoms with E-state index < -0.39 is 47.0 Å². The number of ether oxygens (including phenoxy) is 1. The van der Waals surface area contributed by atoms with Crippen LogP contribution in [-0.2, 0) is 22.8 Å². The van der Waals surface area contributed by atoms with Crippen molar-refractivity contribution in [2.75, 3.05) is 14.1 Å². The molecule has 0 saturated heterocycles. The number of alkyl halides is 3. The Labute approximate surface area is 147 Å². The largest absolute Gasteiger partial charge is 0.441 e. The van der Waals surface area contributed by atoms with E-state index in [0.717, 1.165) is 10.9 Å². The molecule has 0 aliphatic carbocycles. The average Bonchev–Trinajstić information content (AvgIpc) is 2.93. The third-order valence-corrected chi connectivity index (χ3v) is 3.38. The summed E-state index contributed by atoms with van der Waals surface area (Å²) in [7, 11) is 3.78. The van der Waals surface area contributed by atoms with Gasteiger partial charge < -0.3 is 20.7 Å². The lowest BCUT2D eigenvalue weighted by molar-refractivity contribution is -0.141. The molecule has 0 fully saturated rings. The number of hydrogen-bond donors (Lipinski definition) is 3. The third-order valence-electron chi connectivity index (χ3n) is 3.38. The smallest absolute Gasteiger partial charge is 0.435 e. The van der Waals surface area contributed by atoms with Crippen LogP contribution in [0.1, 0.15) is 29.9 Å². The summed E-state index contributed by atoms with van der Waals surface area (Å²) < 4.78 is 44.9. The van der Waals surface area contributed by atoms with Gasteiger partial charge in [-0.05, 0) is 13.8 Å². The number of carbonyl (C=O) groups is 3. The van der Waals surface area contributed by atoms with Gasteiger partial charge in [0, 0.05) is 27.3 Å². The standard InChI is InChI=1S/C14H20F3N5O4/c1-13(2,26-12(25)19-4)9(11(24)18-3)20-10(23)7-6-22(5)21-8(7)14(15,16)17/h6,9H,1-5H3,(H,18,24)(H,19,25)(H,20,23). The first-order valence-corrected chi connectivity index (χ1v) is 7.37. The minimum absolute atomic E-state index is 0.760. The fourth-order valence-electron chi connectivity index (χ4n) is 2.12. The molecular formula is C14H20F3N5O4. The van der Waals surface area contributed by atoms with Crippen LogP contribution >= 0.6 is 0 Å². The van der Waals surface area contributed by atoms with E-state index in [1.54, 1.807) is 0 Å². The Kier molecular flexibility index (Phi) is 6.23. The van der Waals surface area contributed by atoms with Gasteiger partial charge >= 0.3 is 12.3 Å². The van der Waals surface area contributed by atoms with Crippen LogP contribution in [0.15, 0.2) is 6.20 Å². The SMILES string of the molecule is CNC(=O)OC(C)(C)C(NC(=O)c1cn(C)nc1C(F)(F)F)C(=O)NC. The maximum Gasteiger partial charge on any atom is 0.435 e. The van der Waals surface area contributed by atoms with Gasteiger partial charge in [-0.15, -0.1) is 0 Å². The molecule has 0 saturated carbocycles. The molecular weight excluding hydrogens is 359 g/mol. The number of nitrogens with one attached hydrogen (secondary N) is 3. The number of alkyl carbamates (subject to hydrolysis) is 1. The lowest BCUT2D eigenvalue weighted by Gasteiger charge is -2.32. The van der Waals surface area contributed by atoms with E-state index >= 15 is 0 Å². The van der Waals surface area contributed by atoms with Crippen molar-refractivity contribution in [3.63, 3.8) is 0 Å². The summed E-state index contributed by atoms with van der Waals surface area (Å²) >= 11 is 0. The van der Waals surface area contributed by atoms with Crippen LogP contribution in [0.5, 0.6) is 0 Å². The highest BCUT2D eigenvalue weighted by atomic mass is 19.4. The molecule has 0 aliphatic rings. The van der Waals surface area contributed by atoms with E-state index in [1.165, 1.54) is 35.0 Å². The van der Waals surface area contributed by atoms with E-state index in [2.05, 4.69) is 21.0 Å². The van der Waals surface area contributed by atoms with E-state index in [0.29, 0.717) is 0 Å². The molecule has 9 nitrogen and oxygen atoms in total. The highest BCUT2D eigenvalue weighted by Gasteiger charge is 2.43. The molecule has 3 N–H and O–H groups in total. The number of aromatic nitrogens is 2. The topological polar surface area (TPSA) is 114 Å². The van der Waals surface area contributed by atoms with Crippen LogP contribution in [0.4, 0.5) is 18.0 Å². The molecule has 1 atom stereocenters. The summed E-state index contributed by atoms with van der Waals surface area (Å²) in [6.07, 6.45) is -4.86. The second-order valence-electron chi connectivity index (χ2n) is 5.83. The number of halogens is 3. The first-order valence-electron chi connectivity index (χ1n) is 7.37. The molecule has 1 aromatic rings. The molecule has 12 heteroatoms. The lowest BCUT2D eigenvalue weighted by Crippen LogP contribution is -2.59. The molecule has 3 amide bonds. The minimum Gasteiger partial charge on any atom is -0.441 e. The van der Waals surface area contributed by atoms with Crippen LogP contribution < -0.4 is 16.0 Å². The monoisotopic (exact) mass is 379 g/mol. The van der Waals surface area contributed by atoms with Crippen LogP contribution in [0.25, 0.3) is 0 Å². The zero-order chi connectivity index (χ0) is 20.3. The van der Waals surface area contributed by atoms with Crippen LogP contribution in [0.2, 0.25) is 0 Å². The Morgan fingerprint density at radius 3 is 2.23 bits per heavy atom. The Balaban J connectivity index is 3.19. The summed E-state index contributed by atoms with van der Waals surface area (Å²) in [5, 5.41) is 9.85. The van der Waals surface area contributed by atoms with Gasteiger partial charge in [-0.3, -0.25) is 14.3 Å². The van der Waals surface area contributed by atoms with Gasteiger partial charge in [-0.2, -0.15) is 18.3 Å². The number of carbonyl (C=O) groups excluding carboxylic acids is 3. The molecule has 26 heavy (non-hydrogen) atoms. The summed E-state index contributed by atoms with van der Waals surface area (Å²) in [5.41, 5.74) is -3.71. The third kappa shape index (κ3) is 4.86. The van der Waals surface area contributed by atoms with Gasteiger partial charge in [0.25, 0.3) is 5.91 Å². The van der Waals surface area contributed by atoms with Crippen molar-refractivity contribution in [3.05, 3.63) is 17.5 Å². The van der Waals surface area contributed by atoms with Crippen molar-refractivity contribution in [2.45, 2.75) is 31.7 Å². The molecule has 146 valence electrons. The van der Waals surface area contributed by atoms with E-state index in [-0.39, 0.29) is 0 Å². The Bertz CT molecular complexity index is 699. The van der Waals surface area contributed by atoms with Crippen molar-refractivity contribution >= 4 is 17.9 Å². The fourth-order valence-corrected chi connectivity index (χ4v) is 2.12. The quantitative estimate of drug-likeness (QED) is 0.686.